The monoisotopic (exact) mass is 331 g/mol. The van der Waals surface area contributed by atoms with Gasteiger partial charge in [-0.3, -0.25) is 9.59 Å². The Morgan fingerprint density at radius 2 is 2.28 bits per heavy atom. The highest BCUT2D eigenvalue weighted by atomic mass is 79.9. The molecule has 1 fully saturated rings. The van der Waals surface area contributed by atoms with Gasteiger partial charge in [0.05, 0.1) is 21.7 Å². The molecule has 1 aromatic heterocycles. The van der Waals surface area contributed by atoms with Gasteiger partial charge in [-0.05, 0) is 40.9 Å². The molecule has 1 aliphatic heterocycles. The van der Waals surface area contributed by atoms with Crippen molar-refractivity contribution >= 4 is 39.1 Å². The predicted octanol–water partition coefficient (Wildman–Crippen LogP) is 2.54. The first kappa shape index (κ1) is 13.5. The highest BCUT2D eigenvalue weighted by molar-refractivity contribution is 9.11. The van der Waals surface area contributed by atoms with Crippen molar-refractivity contribution in [1.82, 2.24) is 4.90 Å². The van der Waals surface area contributed by atoms with E-state index in [1.165, 1.54) is 18.4 Å². The van der Waals surface area contributed by atoms with Gasteiger partial charge in [-0.25, -0.2) is 0 Å². The third-order valence-electron chi connectivity index (χ3n) is 3.03. The van der Waals surface area contributed by atoms with E-state index in [2.05, 4.69) is 15.9 Å². The summed E-state index contributed by atoms with van der Waals surface area (Å²) in [5.74, 6) is -0.407. The van der Waals surface area contributed by atoms with Crippen LogP contribution in [0.2, 0.25) is 0 Å². The third-order valence-corrected chi connectivity index (χ3v) is 4.64. The lowest BCUT2D eigenvalue weighted by Gasteiger charge is -2.31. The van der Waals surface area contributed by atoms with Crippen molar-refractivity contribution in [3.8, 4) is 0 Å². The number of hydrogen-bond acceptors (Lipinski definition) is 4. The molecule has 0 aromatic carbocycles. The second-order valence-electron chi connectivity index (χ2n) is 4.22. The number of likely N-dealkylation sites (tertiary alicyclic amines) is 1. The van der Waals surface area contributed by atoms with Crippen LogP contribution in [0.4, 0.5) is 0 Å². The molecule has 0 aliphatic carbocycles. The molecule has 2 heterocycles. The van der Waals surface area contributed by atoms with Crippen molar-refractivity contribution in [2.45, 2.75) is 12.8 Å². The Labute approximate surface area is 118 Å². The standard InChI is InChI=1S/C12H14BrNO3S/c1-17-12(16)8-3-2-6-14(7-8)11(15)9-4-5-10(13)18-9/h4-5,8H,2-3,6-7H2,1H3. The van der Waals surface area contributed by atoms with Gasteiger partial charge in [-0.15, -0.1) is 11.3 Å². The smallest absolute Gasteiger partial charge is 0.310 e. The average molecular weight is 332 g/mol. The fourth-order valence-corrected chi connectivity index (χ4v) is 3.46. The first-order valence-corrected chi connectivity index (χ1v) is 7.35. The Kier molecular flexibility index (Phi) is 4.40. The van der Waals surface area contributed by atoms with E-state index in [0.29, 0.717) is 18.0 Å². The van der Waals surface area contributed by atoms with E-state index >= 15 is 0 Å². The maximum absolute atomic E-state index is 12.2. The number of hydrogen-bond donors (Lipinski definition) is 0. The van der Waals surface area contributed by atoms with E-state index in [4.69, 9.17) is 4.74 Å². The van der Waals surface area contributed by atoms with E-state index in [-0.39, 0.29) is 17.8 Å². The number of amides is 1. The minimum atomic E-state index is -0.222. The number of carbonyl (C=O) groups excluding carboxylic acids is 2. The van der Waals surface area contributed by atoms with Crippen LogP contribution in [0.1, 0.15) is 22.5 Å². The van der Waals surface area contributed by atoms with Crippen LogP contribution in [-0.4, -0.2) is 37.0 Å². The summed E-state index contributed by atoms with van der Waals surface area (Å²) in [6.07, 6.45) is 1.64. The SMILES string of the molecule is COC(=O)C1CCCN(C(=O)c2ccc(Br)s2)C1. The third kappa shape index (κ3) is 2.92. The average Bonchev–Trinajstić information content (AvgIpc) is 2.83. The van der Waals surface area contributed by atoms with Gasteiger partial charge in [-0.1, -0.05) is 0 Å². The lowest BCUT2D eigenvalue weighted by atomic mass is 9.98. The Morgan fingerprint density at radius 1 is 1.50 bits per heavy atom. The van der Waals surface area contributed by atoms with E-state index in [0.717, 1.165) is 16.6 Å². The minimum Gasteiger partial charge on any atom is -0.469 e. The van der Waals surface area contributed by atoms with Gasteiger partial charge in [0, 0.05) is 13.1 Å². The lowest BCUT2D eigenvalue weighted by Crippen LogP contribution is -2.42. The number of ether oxygens (including phenoxy) is 1. The zero-order chi connectivity index (χ0) is 13.1. The molecule has 18 heavy (non-hydrogen) atoms. The molecule has 98 valence electrons. The Balaban J connectivity index is 2.05. The summed E-state index contributed by atoms with van der Waals surface area (Å²) in [5.41, 5.74) is 0. The first-order chi connectivity index (χ1) is 8.61. The van der Waals surface area contributed by atoms with Crippen LogP contribution in [0.25, 0.3) is 0 Å². The second-order valence-corrected chi connectivity index (χ2v) is 6.68. The van der Waals surface area contributed by atoms with Crippen molar-refractivity contribution in [3.63, 3.8) is 0 Å². The van der Waals surface area contributed by atoms with Crippen molar-refractivity contribution in [2.24, 2.45) is 5.92 Å². The molecule has 0 spiro atoms. The summed E-state index contributed by atoms with van der Waals surface area (Å²) in [6, 6.07) is 3.67. The second kappa shape index (κ2) is 5.84. The van der Waals surface area contributed by atoms with E-state index in [9.17, 15) is 9.59 Å². The summed E-state index contributed by atoms with van der Waals surface area (Å²) in [5, 5.41) is 0. The van der Waals surface area contributed by atoms with Gasteiger partial charge in [0.15, 0.2) is 0 Å². The highest BCUT2D eigenvalue weighted by Gasteiger charge is 2.29. The number of carbonyl (C=O) groups is 2. The minimum absolute atomic E-state index is 0.000645. The molecular weight excluding hydrogens is 318 g/mol. The molecular formula is C12H14BrNO3S. The number of esters is 1. The van der Waals surface area contributed by atoms with Crippen LogP contribution in [0, 0.1) is 5.92 Å². The molecule has 0 bridgehead atoms. The molecule has 1 aliphatic rings. The van der Waals surface area contributed by atoms with Crippen LogP contribution in [0.5, 0.6) is 0 Å². The normalized spacial score (nSPS) is 19.7. The summed E-state index contributed by atoms with van der Waals surface area (Å²) >= 11 is 4.76. The zero-order valence-corrected chi connectivity index (χ0v) is 12.4. The molecule has 0 saturated carbocycles. The lowest BCUT2D eigenvalue weighted by molar-refractivity contribution is -0.146. The fourth-order valence-electron chi connectivity index (χ4n) is 2.11. The molecule has 2 rings (SSSR count). The highest BCUT2D eigenvalue weighted by Crippen LogP contribution is 2.25. The van der Waals surface area contributed by atoms with Gasteiger partial charge in [-0.2, -0.15) is 0 Å². The van der Waals surface area contributed by atoms with E-state index < -0.39 is 0 Å². The van der Waals surface area contributed by atoms with Crippen molar-refractivity contribution in [3.05, 3.63) is 20.8 Å². The Hall–Kier alpha value is -0.880. The van der Waals surface area contributed by atoms with Gasteiger partial charge in [0.25, 0.3) is 5.91 Å². The molecule has 6 heteroatoms. The summed E-state index contributed by atoms with van der Waals surface area (Å²) in [6.45, 7) is 1.17. The molecule has 1 aromatic rings. The maximum atomic E-state index is 12.2. The number of thiophene rings is 1. The number of piperidine rings is 1. The van der Waals surface area contributed by atoms with E-state index in [1.807, 2.05) is 6.07 Å². The molecule has 0 N–H and O–H groups in total. The number of methoxy groups -OCH3 is 1. The predicted molar refractivity (Wildman–Crippen MR) is 72.7 cm³/mol. The summed E-state index contributed by atoms with van der Waals surface area (Å²) in [7, 11) is 1.39. The maximum Gasteiger partial charge on any atom is 0.310 e. The van der Waals surface area contributed by atoms with Gasteiger partial charge >= 0.3 is 5.97 Å². The number of nitrogens with zero attached hydrogens (tertiary/aromatic N) is 1. The number of rotatable bonds is 2. The molecule has 4 nitrogen and oxygen atoms in total. The quantitative estimate of drug-likeness (QED) is 0.782. The van der Waals surface area contributed by atoms with Crippen molar-refractivity contribution in [1.29, 1.82) is 0 Å². The van der Waals surface area contributed by atoms with Gasteiger partial charge in [0.2, 0.25) is 0 Å². The largest absolute Gasteiger partial charge is 0.469 e. The van der Waals surface area contributed by atoms with Crippen LogP contribution < -0.4 is 0 Å². The Bertz CT molecular complexity index is 460. The van der Waals surface area contributed by atoms with Gasteiger partial charge < -0.3 is 9.64 Å². The van der Waals surface area contributed by atoms with E-state index in [1.54, 1.807) is 11.0 Å². The number of halogens is 1. The van der Waals surface area contributed by atoms with Crippen molar-refractivity contribution < 1.29 is 14.3 Å². The summed E-state index contributed by atoms with van der Waals surface area (Å²) < 4.78 is 5.68. The van der Waals surface area contributed by atoms with Crippen LogP contribution in [-0.2, 0) is 9.53 Å². The fraction of sp³-hybridized carbons (Fsp3) is 0.500. The first-order valence-electron chi connectivity index (χ1n) is 5.74. The molecule has 1 unspecified atom stereocenters. The summed E-state index contributed by atoms with van der Waals surface area (Å²) in [4.78, 5) is 26.2. The molecule has 1 saturated heterocycles. The Morgan fingerprint density at radius 3 is 2.89 bits per heavy atom. The molecule has 1 atom stereocenters. The van der Waals surface area contributed by atoms with Crippen molar-refractivity contribution in [2.75, 3.05) is 20.2 Å². The van der Waals surface area contributed by atoms with Gasteiger partial charge in [0.1, 0.15) is 0 Å². The van der Waals surface area contributed by atoms with Crippen LogP contribution in [0.3, 0.4) is 0 Å². The van der Waals surface area contributed by atoms with Crippen LogP contribution >= 0.6 is 27.3 Å². The van der Waals surface area contributed by atoms with Crippen LogP contribution in [0.15, 0.2) is 15.9 Å². The molecule has 1 amide bonds. The zero-order valence-electron chi connectivity index (χ0n) is 10.0. The topological polar surface area (TPSA) is 46.6 Å². The molecule has 0 radical (unpaired) electrons.